The Labute approximate surface area is 176 Å². The van der Waals surface area contributed by atoms with Gasteiger partial charge in [-0.05, 0) is 48.4 Å². The van der Waals surface area contributed by atoms with Crippen LogP contribution in [0.1, 0.15) is 12.0 Å². The highest BCUT2D eigenvalue weighted by molar-refractivity contribution is 5.76. The second-order valence-electron chi connectivity index (χ2n) is 7.23. The number of piperazine rings is 1. The van der Waals surface area contributed by atoms with Gasteiger partial charge in [0.1, 0.15) is 5.75 Å². The summed E-state index contributed by atoms with van der Waals surface area (Å²) in [4.78, 5) is 20.8. The molecule has 1 aromatic carbocycles. The maximum atomic E-state index is 12.6. The molecule has 0 saturated carbocycles. The van der Waals surface area contributed by atoms with Gasteiger partial charge in [-0.3, -0.25) is 9.78 Å². The fourth-order valence-electron chi connectivity index (χ4n) is 3.55. The lowest BCUT2D eigenvalue weighted by Gasteiger charge is -2.35. The number of aromatic nitrogens is 3. The van der Waals surface area contributed by atoms with Crippen molar-refractivity contribution in [3.63, 3.8) is 0 Å². The van der Waals surface area contributed by atoms with Gasteiger partial charge in [-0.15, -0.1) is 10.2 Å². The third kappa shape index (κ3) is 4.74. The number of anilines is 1. The van der Waals surface area contributed by atoms with Crippen LogP contribution in [0.3, 0.4) is 0 Å². The number of rotatable bonds is 6. The Hall–Kier alpha value is -3.48. The van der Waals surface area contributed by atoms with Crippen LogP contribution in [-0.4, -0.2) is 59.3 Å². The average Bonchev–Trinajstić information content (AvgIpc) is 2.83. The number of hydrogen-bond donors (Lipinski definition) is 0. The first-order valence-corrected chi connectivity index (χ1v) is 10.1. The maximum absolute atomic E-state index is 12.6. The summed E-state index contributed by atoms with van der Waals surface area (Å²) in [6.07, 6.45) is 4.78. The molecule has 1 fully saturated rings. The van der Waals surface area contributed by atoms with Crippen LogP contribution in [0, 0.1) is 0 Å². The molecular weight excluding hydrogens is 378 g/mol. The van der Waals surface area contributed by atoms with E-state index < -0.39 is 0 Å². The van der Waals surface area contributed by atoms with E-state index in [0.717, 1.165) is 47.9 Å². The van der Waals surface area contributed by atoms with Crippen LogP contribution in [0.4, 0.5) is 5.82 Å². The molecule has 154 valence electrons. The van der Waals surface area contributed by atoms with Crippen LogP contribution < -0.4 is 9.64 Å². The molecule has 0 radical (unpaired) electrons. The van der Waals surface area contributed by atoms with Crippen LogP contribution in [-0.2, 0) is 11.2 Å². The highest BCUT2D eigenvalue weighted by Crippen LogP contribution is 2.19. The largest absolute Gasteiger partial charge is 0.497 e. The summed E-state index contributed by atoms with van der Waals surface area (Å²) in [5, 5.41) is 8.71. The number of pyridine rings is 1. The van der Waals surface area contributed by atoms with Crippen molar-refractivity contribution in [1.82, 2.24) is 20.1 Å². The molecule has 1 amide bonds. The summed E-state index contributed by atoms with van der Waals surface area (Å²) in [5.74, 6) is 1.87. The van der Waals surface area contributed by atoms with E-state index in [1.807, 2.05) is 53.4 Å². The van der Waals surface area contributed by atoms with Crippen molar-refractivity contribution in [2.45, 2.75) is 12.8 Å². The molecule has 7 nitrogen and oxygen atoms in total. The first-order chi connectivity index (χ1) is 14.7. The molecule has 3 heterocycles. The minimum Gasteiger partial charge on any atom is -0.497 e. The van der Waals surface area contributed by atoms with E-state index in [0.29, 0.717) is 19.5 Å². The smallest absolute Gasteiger partial charge is 0.223 e. The summed E-state index contributed by atoms with van der Waals surface area (Å²) in [6, 6.07) is 15.7. The van der Waals surface area contributed by atoms with Crippen LogP contribution in [0.2, 0.25) is 0 Å². The van der Waals surface area contributed by atoms with Crippen molar-refractivity contribution < 1.29 is 9.53 Å². The molecule has 0 unspecified atom stereocenters. The lowest BCUT2D eigenvalue weighted by molar-refractivity contribution is -0.131. The Morgan fingerprint density at radius 3 is 2.43 bits per heavy atom. The minimum atomic E-state index is 0.198. The average molecular weight is 403 g/mol. The van der Waals surface area contributed by atoms with E-state index in [-0.39, 0.29) is 5.91 Å². The van der Waals surface area contributed by atoms with E-state index in [2.05, 4.69) is 20.1 Å². The number of amides is 1. The van der Waals surface area contributed by atoms with Gasteiger partial charge in [0.25, 0.3) is 0 Å². The van der Waals surface area contributed by atoms with Gasteiger partial charge in [0.2, 0.25) is 5.91 Å². The number of carbonyl (C=O) groups is 1. The van der Waals surface area contributed by atoms with Gasteiger partial charge in [0.05, 0.1) is 12.8 Å². The summed E-state index contributed by atoms with van der Waals surface area (Å²) in [7, 11) is 1.65. The molecule has 4 rings (SSSR count). The molecule has 0 aliphatic carbocycles. The summed E-state index contributed by atoms with van der Waals surface area (Å²) in [6.45, 7) is 2.92. The number of nitrogens with zero attached hydrogens (tertiary/aromatic N) is 5. The Balaban J connectivity index is 1.27. The summed E-state index contributed by atoms with van der Waals surface area (Å²) < 4.78 is 5.17. The van der Waals surface area contributed by atoms with Gasteiger partial charge in [0, 0.05) is 50.6 Å². The van der Waals surface area contributed by atoms with Crippen LogP contribution >= 0.6 is 0 Å². The van der Waals surface area contributed by atoms with Crippen molar-refractivity contribution in [3.05, 3.63) is 66.5 Å². The Morgan fingerprint density at radius 1 is 1.00 bits per heavy atom. The standard InChI is InChI=1S/C23H25N5O2/c1-30-20-7-4-18(5-8-20)6-11-23(29)28-15-13-27(14-16-28)22-10-9-21(25-26-22)19-3-2-12-24-17-19/h2-5,7-10,12,17H,6,11,13-16H2,1H3. The third-order valence-corrected chi connectivity index (χ3v) is 5.35. The lowest BCUT2D eigenvalue weighted by Crippen LogP contribution is -2.49. The first kappa shape index (κ1) is 19.8. The van der Waals surface area contributed by atoms with Crippen LogP contribution in [0.5, 0.6) is 5.75 Å². The molecule has 1 saturated heterocycles. The summed E-state index contributed by atoms with van der Waals surface area (Å²) in [5.41, 5.74) is 2.90. The SMILES string of the molecule is COc1ccc(CCC(=O)N2CCN(c3ccc(-c4cccnc4)nn3)CC2)cc1. The molecule has 1 aliphatic heterocycles. The number of hydrogen-bond acceptors (Lipinski definition) is 6. The van der Waals surface area contributed by atoms with Crippen molar-refractivity contribution in [1.29, 1.82) is 0 Å². The van der Waals surface area contributed by atoms with Crippen molar-refractivity contribution in [3.8, 4) is 17.0 Å². The van der Waals surface area contributed by atoms with Gasteiger partial charge < -0.3 is 14.5 Å². The molecule has 3 aromatic rings. The zero-order valence-corrected chi connectivity index (χ0v) is 17.1. The Bertz CT molecular complexity index is 953. The van der Waals surface area contributed by atoms with E-state index in [1.165, 1.54) is 0 Å². The minimum absolute atomic E-state index is 0.198. The van der Waals surface area contributed by atoms with Crippen LogP contribution in [0.15, 0.2) is 60.9 Å². The number of benzene rings is 1. The highest BCUT2D eigenvalue weighted by Gasteiger charge is 2.22. The molecule has 2 aromatic heterocycles. The molecular formula is C23H25N5O2. The molecule has 0 spiro atoms. The molecule has 0 N–H and O–H groups in total. The second-order valence-corrected chi connectivity index (χ2v) is 7.23. The Kier molecular flexibility index (Phi) is 6.17. The fraction of sp³-hybridized carbons (Fsp3) is 0.304. The molecule has 1 aliphatic rings. The molecule has 0 bridgehead atoms. The van der Waals surface area contributed by atoms with Crippen LogP contribution in [0.25, 0.3) is 11.3 Å². The highest BCUT2D eigenvalue weighted by atomic mass is 16.5. The van der Waals surface area contributed by atoms with Gasteiger partial charge in [-0.25, -0.2) is 0 Å². The molecule has 30 heavy (non-hydrogen) atoms. The quantitative estimate of drug-likeness (QED) is 0.630. The number of ether oxygens (including phenoxy) is 1. The third-order valence-electron chi connectivity index (χ3n) is 5.35. The number of methoxy groups -OCH3 is 1. The van der Waals surface area contributed by atoms with Gasteiger partial charge >= 0.3 is 0 Å². The van der Waals surface area contributed by atoms with E-state index in [4.69, 9.17) is 4.74 Å². The zero-order valence-electron chi connectivity index (χ0n) is 17.1. The van der Waals surface area contributed by atoms with Gasteiger partial charge in [-0.1, -0.05) is 12.1 Å². The first-order valence-electron chi connectivity index (χ1n) is 10.1. The Morgan fingerprint density at radius 2 is 1.80 bits per heavy atom. The monoisotopic (exact) mass is 403 g/mol. The maximum Gasteiger partial charge on any atom is 0.223 e. The predicted molar refractivity (Wildman–Crippen MR) is 115 cm³/mol. The zero-order chi connectivity index (χ0) is 20.8. The van der Waals surface area contributed by atoms with E-state index in [1.54, 1.807) is 19.5 Å². The fourth-order valence-corrected chi connectivity index (χ4v) is 3.55. The van der Waals surface area contributed by atoms with Gasteiger partial charge in [0.15, 0.2) is 5.82 Å². The second kappa shape index (κ2) is 9.35. The van der Waals surface area contributed by atoms with Crippen molar-refractivity contribution in [2.75, 3.05) is 38.2 Å². The van der Waals surface area contributed by atoms with Crippen molar-refractivity contribution >= 4 is 11.7 Å². The predicted octanol–water partition coefficient (Wildman–Crippen LogP) is 2.83. The molecule has 0 atom stereocenters. The molecule has 7 heteroatoms. The number of aryl methyl sites for hydroxylation is 1. The summed E-state index contributed by atoms with van der Waals surface area (Å²) >= 11 is 0. The normalized spacial score (nSPS) is 13.9. The lowest BCUT2D eigenvalue weighted by atomic mass is 10.1. The van der Waals surface area contributed by atoms with E-state index in [9.17, 15) is 4.79 Å². The van der Waals surface area contributed by atoms with Crippen molar-refractivity contribution in [2.24, 2.45) is 0 Å². The van der Waals surface area contributed by atoms with Gasteiger partial charge in [-0.2, -0.15) is 0 Å². The number of carbonyl (C=O) groups excluding carboxylic acids is 1. The van der Waals surface area contributed by atoms with E-state index >= 15 is 0 Å². The topological polar surface area (TPSA) is 71.5 Å².